The van der Waals surface area contributed by atoms with Crippen molar-refractivity contribution in [2.75, 3.05) is 6.61 Å². The molecule has 1 aliphatic heterocycles. The molecule has 1 aromatic rings. The molecule has 0 saturated carbocycles. The van der Waals surface area contributed by atoms with Gasteiger partial charge in [-0.15, -0.1) is 12.4 Å². The van der Waals surface area contributed by atoms with Crippen LogP contribution in [0.3, 0.4) is 0 Å². The maximum atomic E-state index is 11.4. The Morgan fingerprint density at radius 3 is 3.29 bits per heavy atom. The Kier molecular flexibility index (Phi) is 3.49. The van der Waals surface area contributed by atoms with Gasteiger partial charge in [-0.1, -0.05) is 0 Å². The summed E-state index contributed by atoms with van der Waals surface area (Å²) in [6.07, 6.45) is 1.66. The minimum absolute atomic E-state index is 0. The van der Waals surface area contributed by atoms with Gasteiger partial charge in [-0.3, -0.25) is 10.4 Å². The van der Waals surface area contributed by atoms with E-state index in [0.717, 1.165) is 11.3 Å². The summed E-state index contributed by atoms with van der Waals surface area (Å²) in [6.45, 7) is 2.85. The third kappa shape index (κ3) is 1.73. The van der Waals surface area contributed by atoms with Crippen LogP contribution < -0.4 is 5.32 Å². The third-order valence-electron chi connectivity index (χ3n) is 2.07. The molecule has 0 spiro atoms. The van der Waals surface area contributed by atoms with Crippen molar-refractivity contribution in [3.63, 3.8) is 0 Å². The van der Waals surface area contributed by atoms with Gasteiger partial charge in [0.2, 0.25) is 0 Å². The van der Waals surface area contributed by atoms with Crippen LogP contribution in [0.4, 0.5) is 0 Å². The number of nitrogens with one attached hydrogen (secondary N) is 2. The standard InChI is InChI=1S/C8H11N3O2.ClH/c1-2-13-8(12)7-5-3-10-11-6(5)4-9-7;/h3,7,9H,2,4H2,1H3,(H,10,11);1H. The largest absolute Gasteiger partial charge is 0.465 e. The number of carbonyl (C=O) groups is 1. The van der Waals surface area contributed by atoms with Gasteiger partial charge in [0.1, 0.15) is 6.04 Å². The Labute approximate surface area is 87.6 Å². The molecule has 2 N–H and O–H groups in total. The molecule has 0 bridgehead atoms. The molecule has 0 saturated heterocycles. The SMILES string of the molecule is CCOC(=O)C1NCc2[nH]ncc21.Cl. The van der Waals surface area contributed by atoms with Gasteiger partial charge in [0.05, 0.1) is 18.5 Å². The Morgan fingerprint density at radius 1 is 1.79 bits per heavy atom. The molecule has 6 heteroatoms. The first-order chi connectivity index (χ1) is 6.33. The lowest BCUT2D eigenvalue weighted by atomic mass is 10.2. The van der Waals surface area contributed by atoms with Crippen LogP contribution in [-0.2, 0) is 16.1 Å². The molecule has 14 heavy (non-hydrogen) atoms. The molecule has 78 valence electrons. The predicted molar refractivity (Wildman–Crippen MR) is 52.0 cm³/mol. The maximum Gasteiger partial charge on any atom is 0.327 e. The van der Waals surface area contributed by atoms with Crippen LogP contribution in [0.1, 0.15) is 24.2 Å². The van der Waals surface area contributed by atoms with Crippen molar-refractivity contribution in [1.29, 1.82) is 0 Å². The number of carbonyl (C=O) groups excluding carboxylic acids is 1. The van der Waals surface area contributed by atoms with E-state index in [1.165, 1.54) is 0 Å². The average Bonchev–Trinajstić information content (AvgIpc) is 2.62. The lowest BCUT2D eigenvalue weighted by Crippen LogP contribution is -2.24. The monoisotopic (exact) mass is 217 g/mol. The fraction of sp³-hybridized carbons (Fsp3) is 0.500. The summed E-state index contributed by atoms with van der Waals surface area (Å²) in [5.74, 6) is -0.234. The van der Waals surface area contributed by atoms with Crippen LogP contribution in [0.15, 0.2) is 6.20 Å². The zero-order valence-electron chi connectivity index (χ0n) is 7.74. The Hall–Kier alpha value is -1.07. The van der Waals surface area contributed by atoms with Crippen LogP contribution in [0.5, 0.6) is 0 Å². The van der Waals surface area contributed by atoms with Gasteiger partial charge < -0.3 is 4.74 Å². The number of hydrogen-bond donors (Lipinski definition) is 2. The number of aromatic amines is 1. The Balaban J connectivity index is 0.000000980. The summed E-state index contributed by atoms with van der Waals surface area (Å²) in [4.78, 5) is 11.4. The number of esters is 1. The van der Waals surface area contributed by atoms with Gasteiger partial charge in [0.25, 0.3) is 0 Å². The zero-order valence-corrected chi connectivity index (χ0v) is 8.56. The van der Waals surface area contributed by atoms with Crippen LogP contribution >= 0.6 is 12.4 Å². The fourth-order valence-electron chi connectivity index (χ4n) is 1.46. The maximum absolute atomic E-state index is 11.4. The molecule has 2 heterocycles. The van der Waals surface area contributed by atoms with Gasteiger partial charge in [-0.2, -0.15) is 5.10 Å². The number of rotatable bonds is 2. The molecule has 5 nitrogen and oxygen atoms in total. The van der Waals surface area contributed by atoms with Gasteiger partial charge in [0, 0.05) is 12.1 Å². The number of ether oxygens (including phenoxy) is 1. The second-order valence-corrected chi connectivity index (χ2v) is 2.87. The van der Waals surface area contributed by atoms with Crippen molar-refractivity contribution in [1.82, 2.24) is 15.5 Å². The predicted octanol–water partition coefficient (Wildman–Crippen LogP) is 0.539. The summed E-state index contributed by atoms with van der Waals surface area (Å²) in [5.41, 5.74) is 1.87. The topological polar surface area (TPSA) is 67.0 Å². The molecular weight excluding hydrogens is 206 g/mol. The second kappa shape index (κ2) is 4.43. The number of nitrogens with zero attached hydrogens (tertiary/aromatic N) is 1. The smallest absolute Gasteiger partial charge is 0.327 e. The van der Waals surface area contributed by atoms with E-state index in [1.807, 2.05) is 0 Å². The van der Waals surface area contributed by atoms with Crippen LogP contribution in [0.2, 0.25) is 0 Å². The minimum Gasteiger partial charge on any atom is -0.465 e. The van der Waals surface area contributed by atoms with Gasteiger partial charge in [0.15, 0.2) is 0 Å². The van der Waals surface area contributed by atoms with Crippen molar-refractivity contribution in [2.45, 2.75) is 19.5 Å². The summed E-state index contributed by atoms with van der Waals surface area (Å²) < 4.78 is 4.91. The van der Waals surface area contributed by atoms with E-state index in [0.29, 0.717) is 13.2 Å². The zero-order chi connectivity index (χ0) is 9.26. The lowest BCUT2D eigenvalue weighted by molar-refractivity contribution is -0.145. The molecule has 1 aromatic heterocycles. The number of aromatic nitrogens is 2. The lowest BCUT2D eigenvalue weighted by Gasteiger charge is -2.08. The average molecular weight is 218 g/mol. The first-order valence-corrected chi connectivity index (χ1v) is 4.25. The highest BCUT2D eigenvalue weighted by Crippen LogP contribution is 2.23. The highest BCUT2D eigenvalue weighted by atomic mass is 35.5. The van der Waals surface area contributed by atoms with Crippen molar-refractivity contribution >= 4 is 18.4 Å². The number of hydrogen-bond acceptors (Lipinski definition) is 4. The summed E-state index contributed by atoms with van der Waals surface area (Å²) in [5, 5.41) is 9.73. The minimum atomic E-state index is -0.339. The molecule has 0 radical (unpaired) electrons. The normalized spacial score (nSPS) is 18.5. The molecule has 1 atom stereocenters. The molecule has 0 aliphatic carbocycles. The quantitative estimate of drug-likeness (QED) is 0.710. The van der Waals surface area contributed by atoms with E-state index < -0.39 is 0 Å². The van der Waals surface area contributed by atoms with Crippen molar-refractivity contribution in [2.24, 2.45) is 0 Å². The van der Waals surface area contributed by atoms with E-state index in [-0.39, 0.29) is 24.4 Å². The van der Waals surface area contributed by atoms with Crippen LogP contribution in [0, 0.1) is 0 Å². The molecule has 2 rings (SSSR count). The van der Waals surface area contributed by atoms with E-state index in [4.69, 9.17) is 4.74 Å². The highest BCUT2D eigenvalue weighted by Gasteiger charge is 2.30. The Bertz CT molecular complexity index is 326. The number of H-pyrrole nitrogens is 1. The second-order valence-electron chi connectivity index (χ2n) is 2.87. The van der Waals surface area contributed by atoms with Gasteiger partial charge >= 0.3 is 5.97 Å². The highest BCUT2D eigenvalue weighted by molar-refractivity contribution is 5.85. The summed E-state index contributed by atoms with van der Waals surface area (Å²) in [6, 6.07) is -0.339. The van der Waals surface area contributed by atoms with Crippen LogP contribution in [0.25, 0.3) is 0 Å². The first kappa shape index (κ1) is 11.0. The van der Waals surface area contributed by atoms with Crippen LogP contribution in [-0.4, -0.2) is 22.8 Å². The molecule has 0 amide bonds. The number of halogens is 1. The van der Waals surface area contributed by atoms with Gasteiger partial charge in [-0.05, 0) is 6.92 Å². The fourth-order valence-corrected chi connectivity index (χ4v) is 1.46. The van der Waals surface area contributed by atoms with E-state index >= 15 is 0 Å². The Morgan fingerprint density at radius 2 is 2.57 bits per heavy atom. The summed E-state index contributed by atoms with van der Waals surface area (Å²) in [7, 11) is 0. The number of fused-ring (bicyclic) bond motifs is 1. The van der Waals surface area contributed by atoms with E-state index in [2.05, 4.69) is 15.5 Å². The van der Waals surface area contributed by atoms with E-state index in [9.17, 15) is 4.79 Å². The molecule has 1 unspecified atom stereocenters. The van der Waals surface area contributed by atoms with Crippen molar-refractivity contribution in [3.8, 4) is 0 Å². The molecule has 0 fully saturated rings. The third-order valence-corrected chi connectivity index (χ3v) is 2.07. The molecule has 1 aliphatic rings. The van der Waals surface area contributed by atoms with Crippen molar-refractivity contribution < 1.29 is 9.53 Å². The van der Waals surface area contributed by atoms with Gasteiger partial charge in [-0.25, -0.2) is 4.79 Å². The molecular formula is C8H12ClN3O2. The van der Waals surface area contributed by atoms with E-state index in [1.54, 1.807) is 13.1 Å². The summed E-state index contributed by atoms with van der Waals surface area (Å²) >= 11 is 0. The first-order valence-electron chi connectivity index (χ1n) is 4.25. The molecule has 0 aromatic carbocycles. The van der Waals surface area contributed by atoms with Crippen molar-refractivity contribution in [3.05, 3.63) is 17.5 Å².